The minimum absolute atomic E-state index is 0.0860. The first-order chi connectivity index (χ1) is 18.9. The number of rotatable bonds is 7. The summed E-state index contributed by atoms with van der Waals surface area (Å²) in [5.41, 5.74) is 1.45. The van der Waals surface area contributed by atoms with Crippen LogP contribution in [-0.4, -0.2) is 53.5 Å². The Bertz CT molecular complexity index is 1280. The molecule has 8 heteroatoms. The van der Waals surface area contributed by atoms with Crippen LogP contribution in [0.5, 0.6) is 5.75 Å². The second kappa shape index (κ2) is 10.2. The van der Waals surface area contributed by atoms with Crippen molar-refractivity contribution in [2.24, 2.45) is 11.8 Å². The van der Waals surface area contributed by atoms with Crippen molar-refractivity contribution in [3.05, 3.63) is 71.8 Å². The van der Waals surface area contributed by atoms with Gasteiger partial charge >= 0.3 is 0 Å². The highest BCUT2D eigenvalue weighted by Crippen LogP contribution is 2.55. The Morgan fingerprint density at radius 3 is 2.44 bits per heavy atom. The number of likely N-dealkylation sites (tertiary alicyclic amines) is 1. The summed E-state index contributed by atoms with van der Waals surface area (Å²) in [4.78, 5) is 43.3. The Kier molecular flexibility index (Phi) is 6.67. The second-order valence-corrected chi connectivity index (χ2v) is 11.2. The Labute approximate surface area is 228 Å². The maximum absolute atomic E-state index is 14.1. The first kappa shape index (κ1) is 25.6. The van der Waals surface area contributed by atoms with E-state index in [1.165, 1.54) is 6.42 Å². The molecule has 2 aromatic carbocycles. The number of benzene rings is 2. The van der Waals surface area contributed by atoms with Crippen molar-refractivity contribution >= 4 is 23.4 Å². The van der Waals surface area contributed by atoms with Gasteiger partial charge in [0.1, 0.15) is 17.4 Å². The van der Waals surface area contributed by atoms with E-state index in [1.807, 2.05) is 67.6 Å². The van der Waals surface area contributed by atoms with Gasteiger partial charge in [0.25, 0.3) is 0 Å². The lowest BCUT2D eigenvalue weighted by Crippen LogP contribution is -2.56. The summed E-state index contributed by atoms with van der Waals surface area (Å²) in [6, 6.07) is 14.2. The van der Waals surface area contributed by atoms with Crippen LogP contribution in [0.15, 0.2) is 60.7 Å². The van der Waals surface area contributed by atoms with Gasteiger partial charge in [0.05, 0.1) is 25.0 Å². The predicted octanol–water partition coefficient (Wildman–Crippen LogP) is 3.74. The average molecular weight is 530 g/mol. The molecular weight excluding hydrogens is 494 g/mol. The third kappa shape index (κ3) is 4.50. The largest absolute Gasteiger partial charge is 0.497 e. The fourth-order valence-corrected chi connectivity index (χ4v) is 6.75. The molecule has 3 fully saturated rings. The highest BCUT2D eigenvalue weighted by atomic mass is 16.5. The summed E-state index contributed by atoms with van der Waals surface area (Å²) in [6.45, 7) is 2.22. The van der Waals surface area contributed by atoms with E-state index >= 15 is 0 Å². The van der Waals surface area contributed by atoms with Crippen LogP contribution < -0.4 is 15.4 Å². The SMILES string of the molecule is COc1ccc(CN2C(=O)[C@H]3C(C(=O)Nc4ccc(C)cc4)[C@H]4C=CC3(O4)C2C(=O)NC2CCCCC2)cc1. The molecule has 3 aliphatic heterocycles. The zero-order valence-electron chi connectivity index (χ0n) is 22.4. The average Bonchev–Trinajstić information content (AvgIpc) is 3.58. The lowest BCUT2D eigenvalue weighted by atomic mass is 9.74. The van der Waals surface area contributed by atoms with Crippen LogP contribution in [0.3, 0.4) is 0 Å². The van der Waals surface area contributed by atoms with Crippen molar-refractivity contribution in [2.75, 3.05) is 12.4 Å². The van der Waals surface area contributed by atoms with Crippen LogP contribution in [0.4, 0.5) is 5.69 Å². The van der Waals surface area contributed by atoms with E-state index in [1.54, 1.807) is 12.0 Å². The molecule has 1 spiro atoms. The minimum atomic E-state index is -1.18. The van der Waals surface area contributed by atoms with Crippen LogP contribution in [0.2, 0.25) is 0 Å². The van der Waals surface area contributed by atoms with E-state index in [2.05, 4.69) is 10.6 Å². The second-order valence-electron chi connectivity index (χ2n) is 11.2. The highest BCUT2D eigenvalue weighted by Gasteiger charge is 2.72. The molecule has 3 heterocycles. The molecule has 0 radical (unpaired) electrons. The third-order valence-electron chi connectivity index (χ3n) is 8.71. The van der Waals surface area contributed by atoms with Crippen LogP contribution in [0, 0.1) is 18.8 Å². The number of aryl methyl sites for hydroxylation is 1. The molecular formula is C31H35N3O5. The van der Waals surface area contributed by atoms with Gasteiger partial charge in [-0.1, -0.05) is 61.2 Å². The molecule has 3 amide bonds. The maximum atomic E-state index is 14.1. The number of anilines is 1. The molecule has 8 nitrogen and oxygen atoms in total. The van der Waals surface area contributed by atoms with Crippen molar-refractivity contribution in [1.29, 1.82) is 0 Å². The van der Waals surface area contributed by atoms with Crippen molar-refractivity contribution < 1.29 is 23.9 Å². The van der Waals surface area contributed by atoms with Gasteiger partial charge in [0.2, 0.25) is 17.7 Å². The van der Waals surface area contributed by atoms with Crippen LogP contribution in [-0.2, 0) is 25.7 Å². The molecule has 204 valence electrons. The van der Waals surface area contributed by atoms with Crippen LogP contribution in [0.1, 0.15) is 43.2 Å². The molecule has 3 unspecified atom stereocenters. The predicted molar refractivity (Wildman–Crippen MR) is 146 cm³/mol. The van der Waals surface area contributed by atoms with Gasteiger partial charge < -0.3 is 25.0 Å². The van der Waals surface area contributed by atoms with Crippen molar-refractivity contribution in [3.8, 4) is 5.75 Å². The first-order valence-electron chi connectivity index (χ1n) is 13.9. The zero-order valence-corrected chi connectivity index (χ0v) is 22.4. The Balaban J connectivity index is 1.31. The minimum Gasteiger partial charge on any atom is -0.497 e. The molecule has 5 atom stereocenters. The Morgan fingerprint density at radius 2 is 1.74 bits per heavy atom. The van der Waals surface area contributed by atoms with Gasteiger partial charge in [-0.2, -0.15) is 0 Å². The normalized spacial score (nSPS) is 29.4. The van der Waals surface area contributed by atoms with Gasteiger partial charge in [-0.05, 0) is 49.6 Å². The zero-order chi connectivity index (χ0) is 27.1. The van der Waals surface area contributed by atoms with Crippen molar-refractivity contribution in [2.45, 2.75) is 69.4 Å². The van der Waals surface area contributed by atoms with Crippen molar-refractivity contribution in [1.82, 2.24) is 10.2 Å². The molecule has 2 bridgehead atoms. The summed E-state index contributed by atoms with van der Waals surface area (Å²) < 4.78 is 11.7. The van der Waals surface area contributed by atoms with E-state index < -0.39 is 29.6 Å². The van der Waals surface area contributed by atoms with Gasteiger partial charge in [0.15, 0.2) is 0 Å². The third-order valence-corrected chi connectivity index (χ3v) is 8.71. The quantitative estimate of drug-likeness (QED) is 0.533. The number of nitrogens with zero attached hydrogens (tertiary/aromatic N) is 1. The summed E-state index contributed by atoms with van der Waals surface area (Å²) >= 11 is 0. The summed E-state index contributed by atoms with van der Waals surface area (Å²) in [5.74, 6) is -1.51. The molecule has 2 N–H and O–H groups in total. The van der Waals surface area contributed by atoms with Gasteiger partial charge in [0, 0.05) is 18.3 Å². The summed E-state index contributed by atoms with van der Waals surface area (Å²) in [6.07, 6.45) is 8.35. The van der Waals surface area contributed by atoms with Gasteiger partial charge in [-0.25, -0.2) is 0 Å². The summed E-state index contributed by atoms with van der Waals surface area (Å²) in [7, 11) is 1.60. The number of hydrogen-bond donors (Lipinski definition) is 2. The molecule has 0 aromatic heterocycles. The maximum Gasteiger partial charge on any atom is 0.246 e. The van der Waals surface area contributed by atoms with E-state index in [4.69, 9.17) is 9.47 Å². The lowest BCUT2D eigenvalue weighted by molar-refractivity contribution is -0.142. The Hall–Kier alpha value is -3.65. The van der Waals surface area contributed by atoms with E-state index in [-0.39, 0.29) is 30.3 Å². The number of ether oxygens (including phenoxy) is 2. The number of nitrogens with one attached hydrogen (secondary N) is 2. The first-order valence-corrected chi connectivity index (χ1v) is 13.9. The van der Waals surface area contributed by atoms with E-state index in [9.17, 15) is 14.4 Å². The topological polar surface area (TPSA) is 97.0 Å². The number of carbonyl (C=O) groups is 3. The molecule has 6 rings (SSSR count). The summed E-state index contributed by atoms with van der Waals surface area (Å²) in [5, 5.41) is 6.20. The van der Waals surface area contributed by atoms with Crippen LogP contribution in [0.25, 0.3) is 0 Å². The van der Waals surface area contributed by atoms with Crippen LogP contribution >= 0.6 is 0 Å². The van der Waals surface area contributed by atoms with E-state index in [0.717, 1.165) is 36.8 Å². The smallest absolute Gasteiger partial charge is 0.246 e. The molecule has 4 aliphatic rings. The molecule has 39 heavy (non-hydrogen) atoms. The van der Waals surface area contributed by atoms with Gasteiger partial charge in [-0.3, -0.25) is 14.4 Å². The van der Waals surface area contributed by atoms with Gasteiger partial charge in [-0.15, -0.1) is 0 Å². The fraction of sp³-hybridized carbons (Fsp3) is 0.452. The van der Waals surface area contributed by atoms with E-state index in [0.29, 0.717) is 11.4 Å². The molecule has 1 aliphatic carbocycles. The standard InChI is InChI=1S/C31H35N3O5/c1-19-8-12-22(13-9-19)32-28(35)25-24-16-17-31(39-24)26(25)30(37)34(18-20-10-14-23(38-2)15-11-20)27(31)29(36)33-21-6-4-3-5-7-21/h8-17,21,24-27H,3-7,18H2,1-2H3,(H,32,35)(H,33,36)/t24-,25?,26-,27?,31?/m1/s1. The number of carbonyl (C=O) groups excluding carboxylic acids is 3. The van der Waals surface area contributed by atoms with Crippen molar-refractivity contribution in [3.63, 3.8) is 0 Å². The number of methoxy groups -OCH3 is 1. The number of hydrogen-bond acceptors (Lipinski definition) is 5. The number of amides is 3. The number of fused-ring (bicyclic) bond motifs is 1. The molecule has 2 aromatic rings. The lowest BCUT2D eigenvalue weighted by Gasteiger charge is -2.34. The molecule has 2 saturated heterocycles. The molecule has 1 saturated carbocycles. The monoisotopic (exact) mass is 529 g/mol. The fourth-order valence-electron chi connectivity index (χ4n) is 6.75. The Morgan fingerprint density at radius 1 is 1.03 bits per heavy atom. The highest BCUT2D eigenvalue weighted by molar-refractivity contribution is 6.02.